The second kappa shape index (κ2) is 22.7. The van der Waals surface area contributed by atoms with Gasteiger partial charge in [-0.15, -0.1) is 4.52 Å². The normalized spacial score (nSPS) is 15.4. The number of nitrogens with one attached hydrogen (secondary N) is 2. The average Bonchev–Trinajstić information content (AvgIpc) is 3.56. The van der Waals surface area contributed by atoms with Crippen molar-refractivity contribution in [1.82, 2.24) is 0 Å². The fourth-order valence-corrected chi connectivity index (χ4v) is 9.45. The summed E-state index contributed by atoms with van der Waals surface area (Å²) in [4.78, 5) is 55.9. The average molecular weight is 975 g/mol. The summed E-state index contributed by atoms with van der Waals surface area (Å²) in [5.74, 6) is -0.671. The Morgan fingerprint density at radius 2 is 1.03 bits per heavy atom. The number of rotatable bonds is 8. The van der Waals surface area contributed by atoms with Crippen LogP contribution in [0.1, 0.15) is 120 Å². The van der Waals surface area contributed by atoms with E-state index in [0.29, 0.717) is 99.4 Å². The third-order valence-electron chi connectivity index (χ3n) is 11.9. The van der Waals surface area contributed by atoms with Crippen LogP contribution >= 0.6 is 31.2 Å². The molecular weight excluding hydrogens is 918 g/mol. The van der Waals surface area contributed by atoms with Crippen LogP contribution in [0.4, 0.5) is 22.7 Å². The Balaban J connectivity index is 0.000000221. The van der Waals surface area contributed by atoms with Crippen molar-refractivity contribution in [1.29, 1.82) is 0 Å². The summed E-state index contributed by atoms with van der Waals surface area (Å²) >= 11 is 12.4. The molecule has 11 nitrogen and oxygen atoms in total. The van der Waals surface area contributed by atoms with E-state index in [2.05, 4.69) is 10.6 Å². The molecule has 6 aromatic carbocycles. The molecule has 3 N–H and O–H groups in total. The van der Waals surface area contributed by atoms with Crippen LogP contribution < -0.4 is 20.4 Å². The van der Waals surface area contributed by atoms with Crippen LogP contribution in [0.5, 0.6) is 0 Å². The molecule has 2 heterocycles. The van der Waals surface area contributed by atoms with E-state index in [4.69, 9.17) is 27.7 Å². The lowest BCUT2D eigenvalue weighted by atomic mass is 10.0. The molecule has 352 valence electrons. The van der Waals surface area contributed by atoms with Gasteiger partial charge in [-0.05, 0) is 165 Å². The van der Waals surface area contributed by atoms with E-state index < -0.39 is 20.2 Å². The minimum Gasteiger partial charge on any atom is -0.388 e. The number of hydrogen-bond donors (Lipinski definition) is 3. The minimum atomic E-state index is -1.81. The summed E-state index contributed by atoms with van der Waals surface area (Å²) in [5, 5.41) is 17.4. The van der Waals surface area contributed by atoms with Crippen LogP contribution in [0.25, 0.3) is 0 Å². The first-order valence-electron chi connectivity index (χ1n) is 22.0. The number of carbonyl (C=O) groups excluding carboxylic acids is 4. The molecule has 0 spiro atoms. The van der Waals surface area contributed by atoms with E-state index >= 15 is 0 Å². The molecule has 0 aliphatic carbocycles. The van der Waals surface area contributed by atoms with Crippen molar-refractivity contribution in [2.75, 3.05) is 40.2 Å². The molecule has 6 aromatic rings. The summed E-state index contributed by atoms with van der Waals surface area (Å²) < 4.78 is 17.5. The molecular formula is C54H56Cl2N4O7P+. The number of benzene rings is 6. The van der Waals surface area contributed by atoms with Gasteiger partial charge in [-0.2, -0.15) is 0 Å². The Morgan fingerprint density at radius 3 is 1.49 bits per heavy atom. The predicted molar refractivity (Wildman–Crippen MR) is 274 cm³/mol. The van der Waals surface area contributed by atoms with Gasteiger partial charge in [-0.25, -0.2) is 0 Å². The number of aliphatic hydroxyl groups excluding tert-OH is 1. The van der Waals surface area contributed by atoms with Crippen LogP contribution in [0.3, 0.4) is 0 Å². The maximum Gasteiger partial charge on any atom is 0.505 e. The van der Waals surface area contributed by atoms with Crippen molar-refractivity contribution >= 4 is 77.6 Å². The zero-order valence-corrected chi connectivity index (χ0v) is 40.3. The molecule has 2 aliphatic heterocycles. The Morgan fingerprint density at radius 1 is 0.588 bits per heavy atom. The Labute approximate surface area is 409 Å². The maximum absolute atomic E-state index is 13.7. The monoisotopic (exact) mass is 973 g/mol. The molecule has 0 bridgehead atoms. The van der Waals surface area contributed by atoms with Crippen molar-refractivity contribution < 1.29 is 33.4 Å². The topological polar surface area (TPSA) is 145 Å². The Kier molecular flexibility index (Phi) is 17.1. The van der Waals surface area contributed by atoms with Crippen LogP contribution in [-0.2, 0) is 9.09 Å². The number of fused-ring (bicyclic) bond motifs is 2. The minimum absolute atomic E-state index is 0. The quantitative estimate of drug-likeness (QED) is 0.129. The lowest BCUT2D eigenvalue weighted by Crippen LogP contribution is -2.32. The number of halogens is 2. The van der Waals surface area contributed by atoms with Gasteiger partial charge in [-0.1, -0.05) is 67.0 Å². The lowest BCUT2D eigenvalue weighted by Gasteiger charge is -2.24. The highest BCUT2D eigenvalue weighted by molar-refractivity contribution is 7.38. The first-order chi connectivity index (χ1) is 32.1. The molecule has 3 atom stereocenters. The van der Waals surface area contributed by atoms with Crippen LogP contribution in [-0.4, -0.2) is 48.5 Å². The zero-order chi connectivity index (χ0) is 47.9. The number of carbonyl (C=O) groups is 4. The molecule has 0 saturated carbocycles. The first kappa shape index (κ1) is 51.2. The van der Waals surface area contributed by atoms with Crippen LogP contribution in [0.15, 0.2) is 121 Å². The van der Waals surface area contributed by atoms with Gasteiger partial charge in [-0.3, -0.25) is 19.2 Å². The van der Waals surface area contributed by atoms with Gasteiger partial charge < -0.3 is 25.5 Å². The molecule has 3 unspecified atom stereocenters. The number of aryl methyl sites for hydroxylation is 4. The number of amides is 4. The third-order valence-corrected chi connectivity index (χ3v) is 13.0. The maximum atomic E-state index is 13.7. The van der Waals surface area contributed by atoms with E-state index in [-0.39, 0.29) is 31.1 Å². The van der Waals surface area contributed by atoms with E-state index in [9.17, 15) is 28.8 Å². The van der Waals surface area contributed by atoms with Gasteiger partial charge in [0.05, 0.1) is 11.8 Å². The third kappa shape index (κ3) is 11.9. The highest BCUT2D eigenvalue weighted by atomic mass is 35.5. The van der Waals surface area contributed by atoms with Crippen molar-refractivity contribution in [3.8, 4) is 0 Å². The largest absolute Gasteiger partial charge is 0.505 e. The summed E-state index contributed by atoms with van der Waals surface area (Å²) in [7, 11) is -1.81. The summed E-state index contributed by atoms with van der Waals surface area (Å²) in [5.41, 5.74) is 9.68. The molecule has 0 saturated heterocycles. The fraction of sp³-hybridized carbons (Fsp3) is 0.259. The van der Waals surface area contributed by atoms with E-state index in [1.54, 1.807) is 88.7 Å². The molecule has 2 aliphatic rings. The van der Waals surface area contributed by atoms with Crippen molar-refractivity contribution in [3.63, 3.8) is 0 Å². The highest BCUT2D eigenvalue weighted by Crippen LogP contribution is 2.42. The highest BCUT2D eigenvalue weighted by Gasteiger charge is 2.33. The van der Waals surface area contributed by atoms with Gasteiger partial charge in [0.1, 0.15) is 6.10 Å². The summed E-state index contributed by atoms with van der Waals surface area (Å²) in [6, 6.07) is 35.9. The second-order valence-corrected chi connectivity index (χ2v) is 18.7. The molecule has 4 amide bonds. The fourth-order valence-electron chi connectivity index (χ4n) is 8.51. The Hall–Kier alpha value is -6.20. The van der Waals surface area contributed by atoms with Crippen molar-refractivity contribution in [2.24, 2.45) is 0 Å². The lowest BCUT2D eigenvalue weighted by molar-refractivity contribution is 0.0978. The van der Waals surface area contributed by atoms with Gasteiger partial charge in [0.25, 0.3) is 23.6 Å². The first-order valence-corrected chi connectivity index (χ1v) is 24.4. The molecule has 0 aromatic heterocycles. The van der Waals surface area contributed by atoms with Crippen molar-refractivity contribution in [2.45, 2.75) is 73.0 Å². The standard InChI is InChI=1S/C27H26ClN2O4P.C26H25ClN2O3.CH4/c1-17-7-4-5-8-21(17)26(31)29-20-11-12-22(18(2)15-20)27(32)30-14-6-9-25(34-35(3)33)23-16-19(28)10-13-24(23)30;1-16-6-3-4-7-20(16)25(31)28-19-10-11-21(17(2)14-19)26(32)29-13-5-8-24(30)22-15-18(27)9-12-23(22)29;/h4-5,7-8,10-13,15-16,25H,6,9,14H2,1-3H3;3-4,6-7,9-12,14-15,24,30H,5,8,13H2,1-2H3,(H,28,31);1H4/p+1. The predicted octanol–water partition coefficient (Wildman–Crippen LogP) is 13.4. The van der Waals surface area contributed by atoms with Gasteiger partial charge in [0.2, 0.25) is 0 Å². The Bertz CT molecular complexity index is 2890. The smallest absolute Gasteiger partial charge is 0.388 e. The molecule has 14 heteroatoms. The van der Waals surface area contributed by atoms with E-state index in [1.165, 1.54) is 6.66 Å². The van der Waals surface area contributed by atoms with Gasteiger partial charge in [0, 0.05) is 73.6 Å². The number of nitrogens with zero attached hydrogens (tertiary/aromatic N) is 2. The van der Waals surface area contributed by atoms with E-state index in [1.807, 2.05) is 70.2 Å². The zero-order valence-electron chi connectivity index (χ0n) is 37.9. The SMILES string of the molecule is C.Cc1ccccc1C(=O)Nc1ccc(C(=O)N2CCCC(O)c3cc(Cl)ccc32)c(C)c1.Cc1ccccc1C(=O)Nc1ccc(C(=O)N2CCCC(O[P+](C)=O)c3cc(Cl)ccc32)c(C)c1. The number of aliphatic hydroxyl groups is 1. The summed E-state index contributed by atoms with van der Waals surface area (Å²) in [6.45, 7) is 10.0. The van der Waals surface area contributed by atoms with Gasteiger partial charge >= 0.3 is 8.03 Å². The molecule has 8 rings (SSSR count). The number of anilines is 4. The van der Waals surface area contributed by atoms with Crippen LogP contribution in [0.2, 0.25) is 10.0 Å². The van der Waals surface area contributed by atoms with Crippen LogP contribution in [0, 0.1) is 27.7 Å². The van der Waals surface area contributed by atoms with Crippen molar-refractivity contribution in [3.05, 3.63) is 187 Å². The second-order valence-electron chi connectivity index (χ2n) is 16.8. The molecule has 0 fully saturated rings. The summed E-state index contributed by atoms with van der Waals surface area (Å²) in [6.07, 6.45) is 1.53. The molecule has 0 radical (unpaired) electrons. The van der Waals surface area contributed by atoms with E-state index in [0.717, 1.165) is 27.8 Å². The molecule has 68 heavy (non-hydrogen) atoms. The van der Waals surface area contributed by atoms with Gasteiger partial charge in [0.15, 0.2) is 6.66 Å². The number of hydrogen-bond acceptors (Lipinski definition) is 7.